The van der Waals surface area contributed by atoms with Gasteiger partial charge < -0.3 is 5.11 Å². The summed E-state index contributed by atoms with van der Waals surface area (Å²) >= 11 is 0. The summed E-state index contributed by atoms with van der Waals surface area (Å²) in [5.74, 6) is 0.0880. The van der Waals surface area contributed by atoms with E-state index in [-0.39, 0.29) is 5.57 Å². The highest BCUT2D eigenvalue weighted by Crippen LogP contribution is 1.85. The third-order valence-corrected chi connectivity index (χ3v) is 0.587. The molecule has 2 nitrogen and oxygen atoms in total. The highest BCUT2D eigenvalue weighted by atomic mass is 16.4. The van der Waals surface area contributed by atoms with Crippen LogP contribution in [0.15, 0.2) is 11.5 Å². The molecular weight excluding hydrogens is 90.9 g/mol. The predicted octanol–water partition coefficient (Wildman–Crippen LogP) is 0.143. The molecule has 0 spiro atoms. The first kappa shape index (κ1) is 6.27. The normalized spacial score (nSPS) is 11.3. The van der Waals surface area contributed by atoms with Crippen molar-refractivity contribution >= 4 is 13.8 Å². The minimum atomic E-state index is -0.970. The van der Waals surface area contributed by atoms with Gasteiger partial charge in [0.2, 0.25) is 0 Å². The van der Waals surface area contributed by atoms with Gasteiger partial charge in [-0.3, -0.25) is 0 Å². The van der Waals surface area contributed by atoms with Crippen molar-refractivity contribution in [3.63, 3.8) is 0 Å². The van der Waals surface area contributed by atoms with Gasteiger partial charge in [0.1, 0.15) is 7.85 Å². The van der Waals surface area contributed by atoms with E-state index in [1.165, 1.54) is 6.92 Å². The zero-order chi connectivity index (χ0) is 5.86. The lowest BCUT2D eigenvalue weighted by atomic mass is 10.1. The van der Waals surface area contributed by atoms with E-state index in [2.05, 4.69) is 0 Å². The second kappa shape index (κ2) is 2.45. The summed E-state index contributed by atoms with van der Waals surface area (Å²) in [4.78, 5) is 9.78. The molecule has 0 rings (SSSR count). The van der Waals surface area contributed by atoms with Crippen LogP contribution in [0.4, 0.5) is 0 Å². The van der Waals surface area contributed by atoms with Crippen molar-refractivity contribution in [2.24, 2.45) is 0 Å². The second-order valence-corrected chi connectivity index (χ2v) is 1.15. The van der Waals surface area contributed by atoms with Gasteiger partial charge in [-0.15, -0.1) is 5.98 Å². The van der Waals surface area contributed by atoms with Gasteiger partial charge in [0.25, 0.3) is 0 Å². The van der Waals surface area contributed by atoms with Crippen LogP contribution >= 0.6 is 0 Å². The van der Waals surface area contributed by atoms with E-state index in [0.29, 0.717) is 0 Å². The molecule has 0 saturated carbocycles. The Bertz CT molecular complexity index is 106. The molecule has 7 heavy (non-hydrogen) atoms. The maximum absolute atomic E-state index is 9.78. The molecule has 0 aliphatic rings. The Kier molecular flexibility index (Phi) is 2.19. The molecule has 0 aromatic carbocycles. The fourth-order valence-corrected chi connectivity index (χ4v) is 0.0713. The zero-order valence-electron chi connectivity index (χ0n) is 4.01. The molecule has 0 aliphatic carbocycles. The molecule has 0 fully saturated rings. The van der Waals surface area contributed by atoms with Gasteiger partial charge in [-0.25, -0.2) is 4.79 Å². The minimum Gasteiger partial charge on any atom is -0.478 e. The van der Waals surface area contributed by atoms with Gasteiger partial charge in [0.15, 0.2) is 0 Å². The van der Waals surface area contributed by atoms with Crippen molar-refractivity contribution in [1.29, 1.82) is 0 Å². The van der Waals surface area contributed by atoms with Crippen molar-refractivity contribution in [2.45, 2.75) is 6.92 Å². The van der Waals surface area contributed by atoms with Gasteiger partial charge in [-0.2, -0.15) is 0 Å². The van der Waals surface area contributed by atoms with Crippen molar-refractivity contribution in [1.82, 2.24) is 0 Å². The summed E-state index contributed by atoms with van der Waals surface area (Å²) in [6, 6.07) is 0. The van der Waals surface area contributed by atoms with Gasteiger partial charge in [-0.05, 0) is 6.92 Å². The van der Waals surface area contributed by atoms with Gasteiger partial charge >= 0.3 is 5.97 Å². The predicted molar refractivity (Wildman–Crippen MR) is 27.1 cm³/mol. The van der Waals surface area contributed by atoms with Crippen LogP contribution in [-0.2, 0) is 4.79 Å². The maximum Gasteiger partial charge on any atom is 0.330 e. The molecule has 0 amide bonds. The Morgan fingerprint density at radius 2 is 2.29 bits per heavy atom. The summed E-state index contributed by atoms with van der Waals surface area (Å²) in [5, 5.41) is 8.03. The van der Waals surface area contributed by atoms with Crippen LogP contribution in [0.5, 0.6) is 0 Å². The van der Waals surface area contributed by atoms with E-state index in [1.54, 1.807) is 0 Å². The summed E-state index contributed by atoms with van der Waals surface area (Å²) in [6.07, 6.45) is 0. The quantitative estimate of drug-likeness (QED) is 0.372. The molecule has 36 valence electrons. The molecule has 0 saturated heterocycles. The lowest BCUT2D eigenvalue weighted by Gasteiger charge is -1.84. The summed E-state index contributed by atoms with van der Waals surface area (Å²) in [7, 11) is 4.83. The first-order valence-corrected chi connectivity index (χ1v) is 1.80. The minimum absolute atomic E-state index is 0.167. The highest BCUT2D eigenvalue weighted by molar-refractivity contribution is 6.19. The van der Waals surface area contributed by atoms with Crippen LogP contribution in [-0.4, -0.2) is 18.9 Å². The number of carboxylic acid groups (broad SMARTS) is 1. The Labute approximate surface area is 43.3 Å². The summed E-state index contributed by atoms with van der Waals surface area (Å²) in [5.41, 5.74) is 0.167. The first-order chi connectivity index (χ1) is 3.18. The Hall–Kier alpha value is -0.725. The Balaban J connectivity index is 3.82. The molecular formula is C4H5BO2. The topological polar surface area (TPSA) is 37.3 Å². The van der Waals surface area contributed by atoms with Crippen LogP contribution in [0, 0.1) is 0 Å². The Morgan fingerprint density at radius 3 is 2.29 bits per heavy atom. The molecule has 0 heterocycles. The first-order valence-electron chi connectivity index (χ1n) is 1.80. The van der Waals surface area contributed by atoms with Gasteiger partial charge in [0.05, 0.1) is 0 Å². The number of hydrogen-bond donors (Lipinski definition) is 1. The zero-order valence-corrected chi connectivity index (χ0v) is 4.01. The van der Waals surface area contributed by atoms with Crippen molar-refractivity contribution in [3.05, 3.63) is 11.5 Å². The maximum atomic E-state index is 9.78. The molecule has 0 atom stereocenters. The molecule has 0 aromatic rings. The molecule has 3 heteroatoms. The SMILES string of the molecule is [B]C=C(C)C(=O)O. The average molecular weight is 95.9 g/mol. The van der Waals surface area contributed by atoms with Crippen LogP contribution in [0.1, 0.15) is 6.92 Å². The van der Waals surface area contributed by atoms with E-state index in [0.717, 1.165) is 5.98 Å². The van der Waals surface area contributed by atoms with Crippen LogP contribution in [0.2, 0.25) is 0 Å². The Morgan fingerprint density at radius 1 is 1.86 bits per heavy atom. The number of aliphatic carboxylic acids is 1. The molecule has 0 bridgehead atoms. The lowest BCUT2D eigenvalue weighted by Crippen LogP contribution is -1.94. The van der Waals surface area contributed by atoms with Crippen LogP contribution in [0.25, 0.3) is 0 Å². The molecule has 0 aliphatic heterocycles. The summed E-state index contributed by atoms with van der Waals surface area (Å²) in [6.45, 7) is 1.43. The van der Waals surface area contributed by atoms with E-state index < -0.39 is 5.97 Å². The molecule has 1 N–H and O–H groups in total. The molecule has 2 radical (unpaired) electrons. The van der Waals surface area contributed by atoms with E-state index >= 15 is 0 Å². The standard InChI is InChI=1S/C4H5BO2/c1-3(2-5)4(6)7/h2H,1H3,(H,6,7). The van der Waals surface area contributed by atoms with Crippen LogP contribution < -0.4 is 0 Å². The molecule has 0 unspecified atom stereocenters. The second-order valence-electron chi connectivity index (χ2n) is 1.15. The monoisotopic (exact) mass is 96.0 g/mol. The number of carboxylic acids is 1. The average Bonchev–Trinajstić information content (AvgIpc) is 1.65. The fourth-order valence-electron chi connectivity index (χ4n) is 0.0713. The number of carbonyl (C=O) groups is 1. The van der Waals surface area contributed by atoms with Gasteiger partial charge in [-0.1, -0.05) is 0 Å². The van der Waals surface area contributed by atoms with Crippen molar-refractivity contribution in [2.75, 3.05) is 0 Å². The summed E-state index contributed by atoms with van der Waals surface area (Å²) < 4.78 is 0. The third kappa shape index (κ3) is 2.03. The fraction of sp³-hybridized carbons (Fsp3) is 0.250. The van der Waals surface area contributed by atoms with Crippen molar-refractivity contribution < 1.29 is 9.90 Å². The van der Waals surface area contributed by atoms with E-state index in [9.17, 15) is 4.79 Å². The number of rotatable bonds is 1. The van der Waals surface area contributed by atoms with E-state index in [1.807, 2.05) is 0 Å². The smallest absolute Gasteiger partial charge is 0.330 e. The lowest BCUT2D eigenvalue weighted by molar-refractivity contribution is -0.132. The molecule has 0 aromatic heterocycles. The van der Waals surface area contributed by atoms with Gasteiger partial charge in [0, 0.05) is 5.57 Å². The highest BCUT2D eigenvalue weighted by Gasteiger charge is 1.93. The van der Waals surface area contributed by atoms with Crippen LogP contribution in [0.3, 0.4) is 0 Å². The van der Waals surface area contributed by atoms with E-state index in [4.69, 9.17) is 13.0 Å². The largest absolute Gasteiger partial charge is 0.478 e. The number of hydrogen-bond acceptors (Lipinski definition) is 1. The third-order valence-electron chi connectivity index (χ3n) is 0.587. The van der Waals surface area contributed by atoms with Crippen molar-refractivity contribution in [3.8, 4) is 0 Å².